The molecule has 12 heteroatoms. The molecule has 1 rings (SSSR count). The molecule has 0 heterocycles. The van der Waals surface area contributed by atoms with Crippen molar-refractivity contribution >= 4 is 41.7 Å². The minimum absolute atomic E-state index is 0.128. The molecule has 0 N–H and O–H groups in total. The Bertz CT molecular complexity index is 952. The van der Waals surface area contributed by atoms with Crippen molar-refractivity contribution in [3.05, 3.63) is 29.8 Å². The summed E-state index contributed by atoms with van der Waals surface area (Å²) in [6.45, 7) is 3.71. The first-order valence-corrected chi connectivity index (χ1v) is 13.4. The van der Waals surface area contributed by atoms with Gasteiger partial charge in [-0.15, -0.1) is 0 Å². The van der Waals surface area contributed by atoms with Gasteiger partial charge in [-0.1, -0.05) is 67.9 Å². The van der Waals surface area contributed by atoms with E-state index in [1.165, 1.54) is 91.2 Å². The molecule has 38 heavy (non-hydrogen) atoms. The summed E-state index contributed by atoms with van der Waals surface area (Å²) >= 11 is 0.742. The summed E-state index contributed by atoms with van der Waals surface area (Å²) in [6.07, 6.45) is 8.22. The molecule has 0 fully saturated rings. The van der Waals surface area contributed by atoms with E-state index in [2.05, 4.69) is 22.1 Å². The average molecular weight is 552 g/mol. The van der Waals surface area contributed by atoms with Gasteiger partial charge in [-0.05, 0) is 37.5 Å². The summed E-state index contributed by atoms with van der Waals surface area (Å²) < 4.78 is 7.54. The van der Waals surface area contributed by atoms with Gasteiger partial charge in [0.2, 0.25) is 0 Å². The molecule has 1 aromatic rings. The van der Waals surface area contributed by atoms with Crippen LogP contribution in [0.2, 0.25) is 0 Å². The first-order chi connectivity index (χ1) is 18.1. The van der Waals surface area contributed by atoms with E-state index in [9.17, 15) is 14.4 Å². The van der Waals surface area contributed by atoms with Gasteiger partial charge in [0, 0.05) is 28.2 Å². The zero-order chi connectivity index (χ0) is 28.5. The van der Waals surface area contributed by atoms with Gasteiger partial charge < -0.3 is 14.5 Å². The lowest BCUT2D eigenvalue weighted by Gasteiger charge is -2.20. The largest absolute Gasteiger partial charge is 0.447 e. The molecule has 1 aromatic carbocycles. The number of amides is 3. The molecule has 0 aliphatic heterocycles. The molecular weight excluding hydrogens is 510 g/mol. The lowest BCUT2D eigenvalue weighted by atomic mass is 10.0. The number of rotatable bonds is 15. The molecule has 11 nitrogen and oxygen atoms in total. The maximum absolute atomic E-state index is 12.5. The number of hydrogen-bond donors (Lipinski definition) is 0. The molecule has 0 spiro atoms. The Morgan fingerprint density at radius 3 is 2.00 bits per heavy atom. The molecule has 0 aliphatic rings. The monoisotopic (exact) mass is 551 g/mol. The Labute approximate surface area is 230 Å². The molecule has 0 saturated heterocycles. The number of benzene rings is 1. The number of aryl methyl sites for hydroxylation is 1. The SMILES string of the molecule is CCCCCCCCCc1ccc(OC(=O)N(C)SN(C)C(=O)O/N=C(C(=O)N(C)C)/C(C)=N\OC)cc1. The summed E-state index contributed by atoms with van der Waals surface area (Å²) in [4.78, 5) is 47.9. The third-order valence-electron chi connectivity index (χ3n) is 5.35. The highest BCUT2D eigenvalue weighted by atomic mass is 32.2. The van der Waals surface area contributed by atoms with E-state index < -0.39 is 18.1 Å². The maximum Gasteiger partial charge on any atom is 0.447 e. The Morgan fingerprint density at radius 1 is 0.842 bits per heavy atom. The van der Waals surface area contributed by atoms with Gasteiger partial charge in [0.1, 0.15) is 18.6 Å². The van der Waals surface area contributed by atoms with Crippen LogP contribution in [0.4, 0.5) is 9.59 Å². The van der Waals surface area contributed by atoms with Crippen molar-refractivity contribution < 1.29 is 28.8 Å². The van der Waals surface area contributed by atoms with Gasteiger partial charge in [-0.2, -0.15) is 0 Å². The van der Waals surface area contributed by atoms with Crippen LogP contribution in [0.3, 0.4) is 0 Å². The summed E-state index contributed by atoms with van der Waals surface area (Å²) in [5.74, 6) is -0.124. The van der Waals surface area contributed by atoms with Crippen LogP contribution >= 0.6 is 12.1 Å². The molecule has 0 saturated carbocycles. The second-order valence-electron chi connectivity index (χ2n) is 8.82. The summed E-state index contributed by atoms with van der Waals surface area (Å²) in [5.41, 5.74) is 1.12. The molecule has 0 radical (unpaired) electrons. The summed E-state index contributed by atoms with van der Waals surface area (Å²) in [7, 11) is 7.19. The maximum atomic E-state index is 12.5. The Balaban J connectivity index is 2.56. The second kappa shape index (κ2) is 18.1. The van der Waals surface area contributed by atoms with Crippen molar-refractivity contribution in [1.82, 2.24) is 13.5 Å². The molecular formula is C26H41N5O6S. The predicted octanol–water partition coefficient (Wildman–Crippen LogP) is 5.51. The number of ether oxygens (including phenoxy) is 1. The highest BCUT2D eigenvalue weighted by Gasteiger charge is 2.23. The van der Waals surface area contributed by atoms with Gasteiger partial charge in [0.15, 0.2) is 5.71 Å². The summed E-state index contributed by atoms with van der Waals surface area (Å²) in [5, 5.41) is 7.29. The molecule has 0 bridgehead atoms. The van der Waals surface area contributed by atoms with Crippen LogP contribution in [0.1, 0.15) is 64.4 Å². The first kappa shape index (κ1) is 32.7. The fraction of sp³-hybridized carbons (Fsp3) is 0.577. The Kier molecular flexibility index (Phi) is 15.6. The van der Waals surface area contributed by atoms with E-state index >= 15 is 0 Å². The predicted molar refractivity (Wildman–Crippen MR) is 150 cm³/mol. The van der Waals surface area contributed by atoms with Crippen LogP contribution in [-0.4, -0.2) is 78.3 Å². The quantitative estimate of drug-likeness (QED) is 0.0929. The van der Waals surface area contributed by atoms with Crippen molar-refractivity contribution in [1.29, 1.82) is 0 Å². The fourth-order valence-electron chi connectivity index (χ4n) is 3.22. The van der Waals surface area contributed by atoms with E-state index in [0.29, 0.717) is 5.75 Å². The number of hydrogen-bond acceptors (Lipinski definition) is 9. The van der Waals surface area contributed by atoms with Gasteiger partial charge in [-0.25, -0.2) is 18.2 Å². The van der Waals surface area contributed by atoms with Gasteiger partial charge in [0.05, 0.1) is 12.1 Å². The van der Waals surface area contributed by atoms with Crippen LogP contribution in [0.5, 0.6) is 5.75 Å². The number of nitrogens with zero attached hydrogens (tertiary/aromatic N) is 5. The lowest BCUT2D eigenvalue weighted by Crippen LogP contribution is -2.35. The standard InChI is InChI=1S/C26H41N5O6S/c1-8-9-10-11-12-13-14-15-21-16-18-22(19-17-21)36-25(33)30(5)38-31(6)26(34)37-28-23(20(2)27-35-7)24(32)29(3)4/h16-19H,8-15H2,1-7H3/b27-20-,28-23-. The fourth-order valence-corrected chi connectivity index (χ4v) is 3.79. The molecule has 212 valence electrons. The highest BCUT2D eigenvalue weighted by molar-refractivity contribution is 7.95. The first-order valence-electron chi connectivity index (χ1n) is 12.7. The minimum Gasteiger partial charge on any atom is -0.410 e. The normalized spacial score (nSPS) is 11.6. The zero-order valence-electron chi connectivity index (χ0n) is 23.6. The van der Waals surface area contributed by atoms with Crippen molar-refractivity contribution in [2.24, 2.45) is 10.3 Å². The smallest absolute Gasteiger partial charge is 0.410 e. The second-order valence-corrected chi connectivity index (χ2v) is 10.1. The number of oxime groups is 2. The van der Waals surface area contributed by atoms with Crippen LogP contribution in [-0.2, 0) is 20.9 Å². The van der Waals surface area contributed by atoms with Crippen molar-refractivity contribution in [2.45, 2.75) is 65.2 Å². The Hall–Kier alpha value is -3.28. The lowest BCUT2D eigenvalue weighted by molar-refractivity contribution is -0.121. The van der Waals surface area contributed by atoms with Gasteiger partial charge in [-0.3, -0.25) is 9.63 Å². The van der Waals surface area contributed by atoms with Crippen LogP contribution in [0.15, 0.2) is 34.6 Å². The van der Waals surface area contributed by atoms with E-state index in [-0.39, 0.29) is 11.4 Å². The van der Waals surface area contributed by atoms with Crippen molar-refractivity contribution in [2.75, 3.05) is 35.3 Å². The van der Waals surface area contributed by atoms with Crippen LogP contribution in [0.25, 0.3) is 0 Å². The van der Waals surface area contributed by atoms with E-state index in [1.54, 1.807) is 12.1 Å². The van der Waals surface area contributed by atoms with Crippen LogP contribution in [0, 0.1) is 0 Å². The van der Waals surface area contributed by atoms with Crippen molar-refractivity contribution in [3.8, 4) is 5.75 Å². The van der Waals surface area contributed by atoms with Gasteiger partial charge in [0.25, 0.3) is 5.91 Å². The number of carbonyl (C=O) groups excluding carboxylic acids is 3. The van der Waals surface area contributed by atoms with Gasteiger partial charge >= 0.3 is 12.2 Å². The average Bonchev–Trinajstić information content (AvgIpc) is 2.88. The van der Waals surface area contributed by atoms with Crippen LogP contribution < -0.4 is 4.74 Å². The number of carbonyl (C=O) groups is 3. The Morgan fingerprint density at radius 2 is 1.42 bits per heavy atom. The van der Waals surface area contributed by atoms with E-state index in [0.717, 1.165) is 33.6 Å². The highest BCUT2D eigenvalue weighted by Crippen LogP contribution is 2.19. The number of unbranched alkanes of at least 4 members (excludes halogenated alkanes) is 6. The summed E-state index contributed by atoms with van der Waals surface area (Å²) in [6, 6.07) is 7.42. The minimum atomic E-state index is -0.918. The molecule has 0 aliphatic carbocycles. The third kappa shape index (κ3) is 12.3. The van der Waals surface area contributed by atoms with E-state index in [1.807, 2.05) is 12.1 Å². The topological polar surface area (TPSA) is 113 Å². The van der Waals surface area contributed by atoms with E-state index in [4.69, 9.17) is 9.57 Å². The molecule has 0 aromatic heterocycles. The van der Waals surface area contributed by atoms with Crippen molar-refractivity contribution in [3.63, 3.8) is 0 Å². The molecule has 3 amide bonds. The zero-order valence-corrected chi connectivity index (χ0v) is 24.4. The molecule has 0 unspecified atom stereocenters. The third-order valence-corrected chi connectivity index (χ3v) is 6.14. The molecule has 0 atom stereocenters.